The summed E-state index contributed by atoms with van der Waals surface area (Å²) in [6.07, 6.45) is 0. The standard InChI is InChI=1S/C43H31N/c1-30-19-21-32(22-20-30)38-15-7-8-16-39(38)34-25-28-41-40-17-9-10-18-42(40)44(43(41)29-34)35-26-23-33(24-27-35)37-14-6-5-13-36(37)31-11-3-2-4-12-31/h2-29H,1H3. The maximum Gasteiger partial charge on any atom is 0.0547 e. The SMILES string of the molecule is Cc1ccc(-c2ccccc2-c2ccc3c4ccccc4n(-c4ccc(-c5ccccc5-c5ccccc5)cc4)c3c2)cc1. The summed E-state index contributed by atoms with van der Waals surface area (Å²) in [5.74, 6) is 0. The summed E-state index contributed by atoms with van der Waals surface area (Å²) in [6, 6.07) is 61.6. The van der Waals surface area contributed by atoms with Gasteiger partial charge in [0, 0.05) is 16.5 Å². The maximum atomic E-state index is 2.41. The molecule has 0 radical (unpaired) electrons. The molecule has 0 saturated carbocycles. The fourth-order valence-corrected chi connectivity index (χ4v) is 6.53. The molecule has 0 atom stereocenters. The van der Waals surface area contributed by atoms with Crippen LogP contribution in [0.2, 0.25) is 0 Å². The predicted octanol–water partition coefficient (Wildman–Crippen LogP) is 11.8. The van der Waals surface area contributed by atoms with E-state index in [2.05, 4.69) is 181 Å². The van der Waals surface area contributed by atoms with Crippen LogP contribution in [0.3, 0.4) is 0 Å². The molecule has 1 heteroatoms. The highest BCUT2D eigenvalue weighted by molar-refractivity contribution is 6.10. The van der Waals surface area contributed by atoms with Gasteiger partial charge in [0.1, 0.15) is 0 Å². The lowest BCUT2D eigenvalue weighted by Gasteiger charge is -2.14. The van der Waals surface area contributed by atoms with E-state index in [4.69, 9.17) is 0 Å². The Hall–Kier alpha value is -5.66. The number of rotatable bonds is 5. The molecule has 1 aromatic heterocycles. The van der Waals surface area contributed by atoms with Crippen LogP contribution in [0.4, 0.5) is 0 Å². The van der Waals surface area contributed by atoms with Gasteiger partial charge < -0.3 is 4.57 Å². The zero-order chi connectivity index (χ0) is 29.5. The van der Waals surface area contributed by atoms with Gasteiger partial charge in [-0.3, -0.25) is 0 Å². The van der Waals surface area contributed by atoms with Crippen LogP contribution >= 0.6 is 0 Å². The summed E-state index contributed by atoms with van der Waals surface area (Å²) in [4.78, 5) is 0. The summed E-state index contributed by atoms with van der Waals surface area (Å²) in [5, 5.41) is 2.52. The van der Waals surface area contributed by atoms with Gasteiger partial charge in [-0.15, -0.1) is 0 Å². The fourth-order valence-electron chi connectivity index (χ4n) is 6.53. The average molecular weight is 562 g/mol. The maximum absolute atomic E-state index is 2.41. The number of para-hydroxylation sites is 1. The molecule has 0 amide bonds. The van der Waals surface area contributed by atoms with Crippen LogP contribution in [0.25, 0.3) is 72.0 Å². The monoisotopic (exact) mass is 561 g/mol. The lowest BCUT2D eigenvalue weighted by molar-refractivity contribution is 1.18. The highest BCUT2D eigenvalue weighted by atomic mass is 15.0. The number of benzene rings is 7. The first-order valence-electron chi connectivity index (χ1n) is 15.2. The first-order chi connectivity index (χ1) is 21.7. The van der Waals surface area contributed by atoms with E-state index in [9.17, 15) is 0 Å². The van der Waals surface area contributed by atoms with E-state index >= 15 is 0 Å². The van der Waals surface area contributed by atoms with Crippen molar-refractivity contribution in [1.82, 2.24) is 4.57 Å². The number of aromatic nitrogens is 1. The van der Waals surface area contributed by atoms with E-state index in [1.165, 1.54) is 71.9 Å². The Kier molecular flexibility index (Phi) is 6.43. The molecule has 7 aromatic carbocycles. The second-order valence-corrected chi connectivity index (χ2v) is 11.5. The first-order valence-corrected chi connectivity index (χ1v) is 15.2. The summed E-state index contributed by atoms with van der Waals surface area (Å²) >= 11 is 0. The van der Waals surface area contributed by atoms with Crippen molar-refractivity contribution in [2.24, 2.45) is 0 Å². The van der Waals surface area contributed by atoms with Gasteiger partial charge in [-0.05, 0) is 75.7 Å². The van der Waals surface area contributed by atoms with Crippen molar-refractivity contribution >= 4 is 21.8 Å². The summed E-state index contributed by atoms with van der Waals surface area (Å²) < 4.78 is 2.41. The first kappa shape index (κ1) is 26.0. The molecule has 0 N–H and O–H groups in total. The van der Waals surface area contributed by atoms with Crippen LogP contribution in [0, 0.1) is 6.92 Å². The average Bonchev–Trinajstić information content (AvgIpc) is 3.43. The zero-order valence-corrected chi connectivity index (χ0v) is 24.6. The highest BCUT2D eigenvalue weighted by Gasteiger charge is 2.15. The van der Waals surface area contributed by atoms with Crippen LogP contribution in [-0.2, 0) is 0 Å². The van der Waals surface area contributed by atoms with Gasteiger partial charge >= 0.3 is 0 Å². The van der Waals surface area contributed by atoms with Gasteiger partial charge in [0.25, 0.3) is 0 Å². The molecule has 0 spiro atoms. The molecule has 1 nitrogen and oxygen atoms in total. The molecule has 8 rings (SSSR count). The van der Waals surface area contributed by atoms with Crippen LogP contribution in [-0.4, -0.2) is 4.57 Å². The number of aryl methyl sites for hydroxylation is 1. The Morgan fingerprint density at radius 3 is 1.43 bits per heavy atom. The molecule has 44 heavy (non-hydrogen) atoms. The van der Waals surface area contributed by atoms with Crippen LogP contribution < -0.4 is 0 Å². The Morgan fingerprint density at radius 1 is 0.341 bits per heavy atom. The molecular weight excluding hydrogens is 530 g/mol. The van der Waals surface area contributed by atoms with Gasteiger partial charge in [-0.25, -0.2) is 0 Å². The molecule has 208 valence electrons. The van der Waals surface area contributed by atoms with Crippen molar-refractivity contribution in [3.8, 4) is 50.2 Å². The Morgan fingerprint density at radius 2 is 0.795 bits per heavy atom. The topological polar surface area (TPSA) is 4.93 Å². The molecule has 0 saturated heterocycles. The lowest BCUT2D eigenvalue weighted by Crippen LogP contribution is -1.94. The van der Waals surface area contributed by atoms with Crippen molar-refractivity contribution in [1.29, 1.82) is 0 Å². The minimum atomic E-state index is 1.15. The van der Waals surface area contributed by atoms with Crippen molar-refractivity contribution in [3.05, 3.63) is 175 Å². The van der Waals surface area contributed by atoms with Crippen LogP contribution in [0.1, 0.15) is 5.56 Å². The largest absolute Gasteiger partial charge is 0.309 e. The Balaban J connectivity index is 1.27. The molecule has 0 aliphatic heterocycles. The number of fused-ring (bicyclic) bond motifs is 3. The van der Waals surface area contributed by atoms with E-state index in [1.54, 1.807) is 0 Å². The minimum absolute atomic E-state index is 1.15. The minimum Gasteiger partial charge on any atom is -0.309 e. The number of nitrogens with zero attached hydrogens (tertiary/aromatic N) is 1. The predicted molar refractivity (Wildman–Crippen MR) is 187 cm³/mol. The summed E-state index contributed by atoms with van der Waals surface area (Å²) in [5.41, 5.74) is 14.7. The van der Waals surface area contributed by atoms with Gasteiger partial charge in [0.05, 0.1) is 11.0 Å². The third-order valence-corrected chi connectivity index (χ3v) is 8.72. The second kappa shape index (κ2) is 10.9. The van der Waals surface area contributed by atoms with E-state index < -0.39 is 0 Å². The van der Waals surface area contributed by atoms with Crippen LogP contribution in [0.5, 0.6) is 0 Å². The molecule has 0 bridgehead atoms. The van der Waals surface area contributed by atoms with Gasteiger partial charge in [0.2, 0.25) is 0 Å². The number of hydrogen-bond donors (Lipinski definition) is 0. The molecular formula is C43H31N. The summed E-state index contributed by atoms with van der Waals surface area (Å²) in [7, 11) is 0. The normalized spacial score (nSPS) is 11.3. The fraction of sp³-hybridized carbons (Fsp3) is 0.0233. The molecule has 0 unspecified atom stereocenters. The Labute approximate surface area is 258 Å². The molecule has 0 fully saturated rings. The number of hydrogen-bond acceptors (Lipinski definition) is 0. The highest BCUT2D eigenvalue weighted by Crippen LogP contribution is 2.39. The van der Waals surface area contributed by atoms with Crippen molar-refractivity contribution in [3.63, 3.8) is 0 Å². The molecule has 0 aliphatic carbocycles. The van der Waals surface area contributed by atoms with Crippen molar-refractivity contribution < 1.29 is 0 Å². The Bertz CT molecular complexity index is 2250. The van der Waals surface area contributed by atoms with Crippen LogP contribution in [0.15, 0.2) is 170 Å². The van der Waals surface area contributed by atoms with E-state index in [-0.39, 0.29) is 0 Å². The molecule has 1 heterocycles. The zero-order valence-electron chi connectivity index (χ0n) is 24.6. The second-order valence-electron chi connectivity index (χ2n) is 11.5. The van der Waals surface area contributed by atoms with Gasteiger partial charge in [-0.1, -0.05) is 151 Å². The smallest absolute Gasteiger partial charge is 0.0547 e. The third-order valence-electron chi connectivity index (χ3n) is 8.72. The third kappa shape index (κ3) is 4.51. The molecule has 0 aliphatic rings. The summed E-state index contributed by atoms with van der Waals surface area (Å²) in [6.45, 7) is 2.14. The quantitative estimate of drug-likeness (QED) is 0.197. The molecule has 8 aromatic rings. The lowest BCUT2D eigenvalue weighted by atomic mass is 9.93. The van der Waals surface area contributed by atoms with E-state index in [0.29, 0.717) is 0 Å². The van der Waals surface area contributed by atoms with Crippen molar-refractivity contribution in [2.45, 2.75) is 6.92 Å². The van der Waals surface area contributed by atoms with Gasteiger partial charge in [-0.2, -0.15) is 0 Å². The van der Waals surface area contributed by atoms with E-state index in [1.807, 2.05) is 0 Å². The van der Waals surface area contributed by atoms with E-state index in [0.717, 1.165) is 5.69 Å². The van der Waals surface area contributed by atoms with Crippen molar-refractivity contribution in [2.75, 3.05) is 0 Å². The van der Waals surface area contributed by atoms with Gasteiger partial charge in [0.15, 0.2) is 0 Å².